The molecule has 0 aliphatic rings. The van der Waals surface area contributed by atoms with Gasteiger partial charge in [0.05, 0.1) is 17.0 Å². The van der Waals surface area contributed by atoms with Crippen molar-refractivity contribution in [2.45, 2.75) is 6.54 Å². The van der Waals surface area contributed by atoms with Crippen LogP contribution >= 0.6 is 12.2 Å². The van der Waals surface area contributed by atoms with Gasteiger partial charge in [-0.05, 0) is 11.6 Å². The fraction of sp³-hybridized carbons (Fsp3) is 0.143. The van der Waals surface area contributed by atoms with E-state index < -0.39 is 0 Å². The summed E-state index contributed by atoms with van der Waals surface area (Å²) < 4.78 is 2.00. The first-order chi connectivity index (χ1) is 8.81. The van der Waals surface area contributed by atoms with Crippen LogP contribution in [-0.4, -0.2) is 16.5 Å². The van der Waals surface area contributed by atoms with Crippen LogP contribution < -0.4 is 5.73 Å². The number of nitriles is 1. The van der Waals surface area contributed by atoms with Gasteiger partial charge in [-0.2, -0.15) is 5.26 Å². The molecule has 0 radical (unpaired) electrons. The standard InChI is InChI=1S/C14H13N3S/c15-6-7-17-13(10-18)8-12(9-16)14(17)11-4-2-1-3-5-11/h1-5,8,10H,6-7,15H2. The Labute approximate surface area is 111 Å². The van der Waals surface area contributed by atoms with Crippen molar-refractivity contribution >= 4 is 17.6 Å². The first kappa shape index (κ1) is 12.5. The zero-order valence-electron chi connectivity index (χ0n) is 9.84. The van der Waals surface area contributed by atoms with Crippen molar-refractivity contribution in [3.63, 3.8) is 0 Å². The Morgan fingerprint density at radius 2 is 2.06 bits per heavy atom. The minimum atomic E-state index is 0.509. The lowest BCUT2D eigenvalue weighted by molar-refractivity contribution is 0.716. The predicted octanol–water partition coefficient (Wildman–Crippen LogP) is 2.33. The SMILES string of the molecule is N#Cc1cc(C=S)n(CCN)c1-c1ccccc1. The normalized spacial score (nSPS) is 10.0. The number of thiocarbonyl (C=S) groups is 1. The Kier molecular flexibility index (Phi) is 3.88. The molecule has 3 nitrogen and oxygen atoms in total. The number of hydrogen-bond donors (Lipinski definition) is 1. The third kappa shape index (κ3) is 2.19. The molecule has 0 unspecified atom stereocenters. The maximum atomic E-state index is 9.24. The zero-order chi connectivity index (χ0) is 13.0. The van der Waals surface area contributed by atoms with Gasteiger partial charge in [0, 0.05) is 18.5 Å². The fourth-order valence-electron chi connectivity index (χ4n) is 2.03. The molecule has 0 atom stereocenters. The molecular weight excluding hydrogens is 242 g/mol. The van der Waals surface area contributed by atoms with Gasteiger partial charge in [0.2, 0.25) is 0 Å². The van der Waals surface area contributed by atoms with Crippen LogP contribution in [0.3, 0.4) is 0 Å². The number of nitrogens with zero attached hydrogens (tertiary/aromatic N) is 2. The monoisotopic (exact) mass is 255 g/mol. The Morgan fingerprint density at radius 3 is 2.61 bits per heavy atom. The second kappa shape index (κ2) is 5.58. The van der Waals surface area contributed by atoms with Gasteiger partial charge < -0.3 is 10.3 Å². The summed E-state index contributed by atoms with van der Waals surface area (Å²) >= 11 is 4.99. The van der Waals surface area contributed by atoms with E-state index in [1.165, 1.54) is 0 Å². The van der Waals surface area contributed by atoms with Gasteiger partial charge >= 0.3 is 0 Å². The van der Waals surface area contributed by atoms with Crippen LogP contribution in [0.1, 0.15) is 11.3 Å². The van der Waals surface area contributed by atoms with Crippen LogP contribution in [0, 0.1) is 11.3 Å². The molecule has 2 aromatic rings. The Hall–Kier alpha value is -1.96. The van der Waals surface area contributed by atoms with Crippen molar-refractivity contribution in [2.24, 2.45) is 5.73 Å². The van der Waals surface area contributed by atoms with Gasteiger partial charge in [-0.1, -0.05) is 42.5 Å². The van der Waals surface area contributed by atoms with Crippen molar-refractivity contribution in [2.75, 3.05) is 6.54 Å². The number of hydrogen-bond acceptors (Lipinski definition) is 3. The Bertz CT molecular complexity index is 593. The predicted molar refractivity (Wildman–Crippen MR) is 76.4 cm³/mol. The topological polar surface area (TPSA) is 54.7 Å². The average molecular weight is 255 g/mol. The number of nitrogens with two attached hydrogens (primary N) is 1. The van der Waals surface area contributed by atoms with Gasteiger partial charge in [0.25, 0.3) is 0 Å². The largest absolute Gasteiger partial charge is 0.338 e. The van der Waals surface area contributed by atoms with E-state index in [1.807, 2.05) is 41.0 Å². The van der Waals surface area contributed by atoms with Gasteiger partial charge in [-0.25, -0.2) is 0 Å². The summed E-state index contributed by atoms with van der Waals surface area (Å²) in [6.45, 7) is 1.16. The van der Waals surface area contributed by atoms with Crippen LogP contribution in [0.15, 0.2) is 36.4 Å². The van der Waals surface area contributed by atoms with Gasteiger partial charge in [0.1, 0.15) is 6.07 Å². The van der Waals surface area contributed by atoms with Crippen LogP contribution in [0.5, 0.6) is 0 Å². The molecule has 0 fully saturated rings. The van der Waals surface area contributed by atoms with E-state index in [2.05, 4.69) is 6.07 Å². The summed E-state index contributed by atoms with van der Waals surface area (Å²) in [4.78, 5) is 0. The molecule has 0 aliphatic heterocycles. The molecule has 1 heterocycles. The van der Waals surface area contributed by atoms with Crippen molar-refractivity contribution < 1.29 is 0 Å². The summed E-state index contributed by atoms with van der Waals surface area (Å²) in [6.07, 6.45) is 0. The number of benzene rings is 1. The molecule has 1 aromatic carbocycles. The quantitative estimate of drug-likeness (QED) is 0.853. The Balaban J connectivity index is 2.67. The second-order valence-corrected chi connectivity index (χ2v) is 4.10. The second-order valence-electron chi connectivity index (χ2n) is 3.87. The molecule has 0 saturated carbocycles. The van der Waals surface area contributed by atoms with Crippen molar-refractivity contribution in [1.29, 1.82) is 5.26 Å². The number of aromatic nitrogens is 1. The minimum Gasteiger partial charge on any atom is -0.338 e. The van der Waals surface area contributed by atoms with Crippen molar-refractivity contribution in [3.8, 4) is 17.3 Å². The first-order valence-corrected chi connectivity index (χ1v) is 6.13. The summed E-state index contributed by atoms with van der Waals surface area (Å²) in [5.41, 5.74) is 9.01. The highest BCUT2D eigenvalue weighted by Gasteiger charge is 2.14. The third-order valence-corrected chi connectivity index (χ3v) is 3.01. The summed E-state index contributed by atoms with van der Waals surface area (Å²) in [7, 11) is 0. The maximum Gasteiger partial charge on any atom is 0.101 e. The Morgan fingerprint density at radius 1 is 1.33 bits per heavy atom. The highest BCUT2D eigenvalue weighted by atomic mass is 32.1. The highest BCUT2D eigenvalue weighted by Crippen LogP contribution is 2.26. The van der Waals surface area contributed by atoms with E-state index in [9.17, 15) is 5.26 Å². The zero-order valence-corrected chi connectivity index (χ0v) is 10.7. The molecule has 0 aliphatic carbocycles. The van der Waals surface area contributed by atoms with E-state index in [1.54, 1.807) is 5.37 Å². The van der Waals surface area contributed by atoms with Crippen LogP contribution in [0.25, 0.3) is 11.3 Å². The van der Waals surface area contributed by atoms with Crippen LogP contribution in [-0.2, 0) is 6.54 Å². The first-order valence-electron chi connectivity index (χ1n) is 5.66. The molecule has 4 heteroatoms. The molecule has 0 amide bonds. The van der Waals surface area contributed by atoms with Crippen molar-refractivity contribution in [3.05, 3.63) is 47.7 Å². The average Bonchev–Trinajstić information content (AvgIpc) is 2.78. The molecule has 90 valence electrons. The summed E-state index contributed by atoms with van der Waals surface area (Å²) in [6, 6.07) is 13.8. The summed E-state index contributed by atoms with van der Waals surface area (Å²) in [5, 5.41) is 10.8. The minimum absolute atomic E-state index is 0.509. The van der Waals surface area contributed by atoms with Crippen LogP contribution in [0.4, 0.5) is 0 Å². The third-order valence-electron chi connectivity index (χ3n) is 2.77. The molecule has 18 heavy (non-hydrogen) atoms. The van der Waals surface area contributed by atoms with Crippen molar-refractivity contribution in [1.82, 2.24) is 4.57 Å². The molecule has 0 saturated heterocycles. The van der Waals surface area contributed by atoms with E-state index in [4.69, 9.17) is 18.0 Å². The molecule has 0 bridgehead atoms. The van der Waals surface area contributed by atoms with Gasteiger partial charge in [0.15, 0.2) is 0 Å². The highest BCUT2D eigenvalue weighted by molar-refractivity contribution is 7.79. The molecule has 2 rings (SSSR count). The van der Waals surface area contributed by atoms with E-state index >= 15 is 0 Å². The lowest BCUT2D eigenvalue weighted by Gasteiger charge is -2.10. The lowest BCUT2D eigenvalue weighted by atomic mass is 10.1. The summed E-state index contributed by atoms with van der Waals surface area (Å²) in [5.74, 6) is 0. The number of rotatable bonds is 4. The van der Waals surface area contributed by atoms with Gasteiger partial charge in [-0.15, -0.1) is 0 Å². The van der Waals surface area contributed by atoms with E-state index in [0.717, 1.165) is 17.0 Å². The molecule has 2 N–H and O–H groups in total. The molecular formula is C14H13N3S. The molecule has 1 aromatic heterocycles. The van der Waals surface area contributed by atoms with E-state index in [-0.39, 0.29) is 0 Å². The maximum absolute atomic E-state index is 9.24. The van der Waals surface area contributed by atoms with Crippen LogP contribution in [0.2, 0.25) is 0 Å². The fourth-order valence-corrected chi connectivity index (χ4v) is 2.22. The molecule has 0 spiro atoms. The van der Waals surface area contributed by atoms with E-state index in [0.29, 0.717) is 18.7 Å². The smallest absolute Gasteiger partial charge is 0.101 e. The lowest BCUT2D eigenvalue weighted by Crippen LogP contribution is -2.13. The van der Waals surface area contributed by atoms with Gasteiger partial charge in [-0.3, -0.25) is 0 Å².